The molecule has 0 aliphatic carbocycles. The van der Waals surface area contributed by atoms with Crippen LogP contribution < -0.4 is 9.88 Å². The van der Waals surface area contributed by atoms with E-state index in [1.165, 1.54) is 0 Å². The molecule has 1 aliphatic rings. The van der Waals surface area contributed by atoms with Crippen LogP contribution in [0, 0.1) is 17.6 Å². The lowest BCUT2D eigenvalue weighted by Crippen LogP contribution is -2.31. The zero-order valence-electron chi connectivity index (χ0n) is 9.69. The van der Waals surface area contributed by atoms with Gasteiger partial charge in [0.15, 0.2) is 11.6 Å². The number of sulfonamides is 1. The fourth-order valence-electron chi connectivity index (χ4n) is 2.11. The first-order chi connectivity index (χ1) is 8.28. The molecule has 2 atom stereocenters. The van der Waals surface area contributed by atoms with Gasteiger partial charge in [0, 0.05) is 17.5 Å². The lowest BCUT2D eigenvalue weighted by molar-refractivity contribution is 0.210. The van der Waals surface area contributed by atoms with E-state index in [0.29, 0.717) is 5.56 Å². The molecule has 100 valence electrons. The first-order valence-electron chi connectivity index (χ1n) is 5.40. The van der Waals surface area contributed by atoms with Gasteiger partial charge in [-0.3, -0.25) is 0 Å². The summed E-state index contributed by atoms with van der Waals surface area (Å²) in [6, 6.07) is 1.92. The van der Waals surface area contributed by atoms with E-state index < -0.39 is 27.6 Å². The maximum Gasteiger partial charge on any atom is 0.209 e. The van der Waals surface area contributed by atoms with E-state index in [1.54, 1.807) is 6.92 Å². The maximum absolute atomic E-state index is 13.2. The molecule has 0 aromatic heterocycles. The minimum atomic E-state index is -3.69. The number of rotatable bonds is 2. The summed E-state index contributed by atoms with van der Waals surface area (Å²) in [5.41, 5.74) is 0.349. The Bertz CT molecular complexity index is 574. The molecule has 0 amide bonds. The van der Waals surface area contributed by atoms with Crippen LogP contribution in [0.25, 0.3) is 0 Å². The van der Waals surface area contributed by atoms with E-state index in [-0.39, 0.29) is 24.0 Å². The van der Waals surface area contributed by atoms with Crippen LogP contribution in [-0.4, -0.2) is 20.8 Å². The van der Waals surface area contributed by atoms with Gasteiger partial charge in [0.25, 0.3) is 0 Å². The van der Waals surface area contributed by atoms with Crippen LogP contribution in [0.2, 0.25) is 0 Å². The minimum Gasteiger partial charge on any atom is -0.493 e. The molecule has 1 aromatic rings. The number of ether oxygens (including phenoxy) is 1. The van der Waals surface area contributed by atoms with E-state index >= 15 is 0 Å². The third-order valence-corrected chi connectivity index (χ3v) is 3.88. The van der Waals surface area contributed by atoms with Crippen molar-refractivity contribution in [2.75, 3.05) is 12.4 Å². The largest absolute Gasteiger partial charge is 0.493 e. The van der Waals surface area contributed by atoms with Gasteiger partial charge < -0.3 is 4.74 Å². The Balaban J connectivity index is 2.47. The third kappa shape index (κ3) is 2.62. The highest BCUT2D eigenvalue weighted by atomic mass is 32.2. The van der Waals surface area contributed by atoms with Crippen molar-refractivity contribution < 1.29 is 21.9 Å². The second-order valence-electron chi connectivity index (χ2n) is 4.53. The van der Waals surface area contributed by atoms with Crippen LogP contribution in [0.5, 0.6) is 5.75 Å². The molecule has 2 rings (SSSR count). The highest BCUT2D eigenvalue weighted by molar-refractivity contribution is 7.89. The quantitative estimate of drug-likeness (QED) is 0.887. The molecular weight excluding hydrogens is 264 g/mol. The second-order valence-corrected chi connectivity index (χ2v) is 6.19. The van der Waals surface area contributed by atoms with Crippen molar-refractivity contribution in [1.82, 2.24) is 0 Å². The van der Waals surface area contributed by atoms with Gasteiger partial charge in [-0.25, -0.2) is 22.3 Å². The van der Waals surface area contributed by atoms with Gasteiger partial charge in [0.1, 0.15) is 5.75 Å². The summed E-state index contributed by atoms with van der Waals surface area (Å²) in [5.74, 6) is -2.79. The van der Waals surface area contributed by atoms with Crippen molar-refractivity contribution in [1.29, 1.82) is 0 Å². The molecule has 7 heteroatoms. The third-order valence-electron chi connectivity index (χ3n) is 3.05. The van der Waals surface area contributed by atoms with Crippen molar-refractivity contribution in [3.8, 4) is 5.75 Å². The van der Waals surface area contributed by atoms with Crippen LogP contribution in [0.15, 0.2) is 12.1 Å². The number of hydrogen-bond donors (Lipinski definition) is 1. The van der Waals surface area contributed by atoms with Crippen molar-refractivity contribution >= 4 is 10.0 Å². The second kappa shape index (κ2) is 4.47. The number of benzene rings is 1. The normalized spacial score (nSPS) is 23.3. The molecule has 0 saturated carbocycles. The molecule has 1 aromatic carbocycles. The highest BCUT2D eigenvalue weighted by Gasteiger charge is 2.32. The Hall–Kier alpha value is -1.21. The smallest absolute Gasteiger partial charge is 0.209 e. The Morgan fingerprint density at radius 1 is 1.39 bits per heavy atom. The van der Waals surface area contributed by atoms with Crippen LogP contribution in [-0.2, 0) is 10.0 Å². The Morgan fingerprint density at radius 2 is 2.00 bits per heavy atom. The summed E-state index contributed by atoms with van der Waals surface area (Å²) in [4.78, 5) is 0. The molecule has 0 saturated heterocycles. The lowest BCUT2D eigenvalue weighted by Gasteiger charge is -2.31. The van der Waals surface area contributed by atoms with E-state index in [9.17, 15) is 17.2 Å². The number of halogens is 2. The van der Waals surface area contributed by atoms with Crippen LogP contribution in [0.4, 0.5) is 8.78 Å². The highest BCUT2D eigenvalue weighted by Crippen LogP contribution is 2.38. The van der Waals surface area contributed by atoms with Crippen LogP contribution in [0.1, 0.15) is 18.4 Å². The number of fused-ring (bicyclic) bond motifs is 1. The maximum atomic E-state index is 13.2. The monoisotopic (exact) mass is 277 g/mol. The molecule has 2 N–H and O–H groups in total. The first kappa shape index (κ1) is 13.2. The molecule has 1 heterocycles. The molecule has 0 unspecified atom stereocenters. The summed E-state index contributed by atoms with van der Waals surface area (Å²) in [5, 5.41) is 5.02. The molecular formula is C11H13F2NO3S. The molecule has 0 bridgehead atoms. The Labute approximate surface area is 104 Å². The lowest BCUT2D eigenvalue weighted by atomic mass is 9.86. The van der Waals surface area contributed by atoms with E-state index in [4.69, 9.17) is 9.88 Å². The zero-order chi connectivity index (χ0) is 13.5. The zero-order valence-corrected chi connectivity index (χ0v) is 10.5. The fraction of sp³-hybridized carbons (Fsp3) is 0.455. The van der Waals surface area contributed by atoms with E-state index in [1.807, 2.05) is 0 Å². The molecule has 4 nitrogen and oxygen atoms in total. The van der Waals surface area contributed by atoms with Crippen LogP contribution in [0.3, 0.4) is 0 Å². The SMILES string of the molecule is C[C@H]1COc2cc(F)c(F)cc2[C@@H]1CS(N)(=O)=O. The number of hydrogen-bond acceptors (Lipinski definition) is 3. The number of nitrogens with two attached hydrogens (primary N) is 1. The topological polar surface area (TPSA) is 69.4 Å². The molecule has 0 radical (unpaired) electrons. The standard InChI is InChI=1S/C11H13F2NO3S/c1-6-4-17-11-3-10(13)9(12)2-7(11)8(6)5-18(14,15)16/h2-3,6,8H,4-5H2,1H3,(H2,14,15,16)/t6-,8+/m0/s1. The van der Waals surface area contributed by atoms with Crippen molar-refractivity contribution in [2.45, 2.75) is 12.8 Å². The average molecular weight is 277 g/mol. The summed E-state index contributed by atoms with van der Waals surface area (Å²) < 4.78 is 53.9. The predicted molar refractivity (Wildman–Crippen MR) is 61.7 cm³/mol. The van der Waals surface area contributed by atoms with Gasteiger partial charge in [0.2, 0.25) is 10.0 Å². The van der Waals surface area contributed by atoms with Gasteiger partial charge in [0.05, 0.1) is 12.4 Å². The minimum absolute atomic E-state index is 0.138. The van der Waals surface area contributed by atoms with Crippen molar-refractivity contribution in [3.63, 3.8) is 0 Å². The average Bonchev–Trinajstić information content (AvgIpc) is 2.24. The van der Waals surface area contributed by atoms with E-state index in [2.05, 4.69) is 0 Å². The van der Waals surface area contributed by atoms with Crippen molar-refractivity contribution in [3.05, 3.63) is 29.3 Å². The number of primary sulfonamides is 1. The summed E-state index contributed by atoms with van der Waals surface area (Å²) in [7, 11) is -3.69. The van der Waals surface area contributed by atoms with Gasteiger partial charge in [-0.2, -0.15) is 0 Å². The van der Waals surface area contributed by atoms with Crippen LogP contribution >= 0.6 is 0 Å². The van der Waals surface area contributed by atoms with Gasteiger partial charge in [-0.05, 0) is 12.0 Å². The fourth-order valence-corrected chi connectivity index (χ4v) is 3.12. The molecule has 1 aliphatic heterocycles. The predicted octanol–water partition coefficient (Wildman–Crippen LogP) is 1.37. The summed E-state index contributed by atoms with van der Waals surface area (Å²) >= 11 is 0. The molecule has 18 heavy (non-hydrogen) atoms. The van der Waals surface area contributed by atoms with E-state index in [0.717, 1.165) is 12.1 Å². The van der Waals surface area contributed by atoms with Gasteiger partial charge in [-0.1, -0.05) is 6.92 Å². The summed E-state index contributed by atoms with van der Waals surface area (Å²) in [6.45, 7) is 2.03. The first-order valence-corrected chi connectivity index (χ1v) is 7.11. The van der Waals surface area contributed by atoms with Crippen molar-refractivity contribution in [2.24, 2.45) is 11.1 Å². The molecule has 0 fully saturated rings. The van der Waals surface area contributed by atoms with Gasteiger partial charge in [-0.15, -0.1) is 0 Å². The molecule has 0 spiro atoms. The summed E-state index contributed by atoms with van der Waals surface area (Å²) in [6.07, 6.45) is 0. The Morgan fingerprint density at radius 3 is 2.61 bits per heavy atom. The Kier molecular flexibility index (Phi) is 3.29. The van der Waals surface area contributed by atoms with Gasteiger partial charge >= 0.3 is 0 Å².